The lowest BCUT2D eigenvalue weighted by Crippen LogP contribution is -2.15. The van der Waals surface area contributed by atoms with Gasteiger partial charge >= 0.3 is 0 Å². The number of anilines is 2. The fourth-order valence-corrected chi connectivity index (χ4v) is 2.97. The number of benzene rings is 3. The number of carbonyl (C=O) groups excluding carboxylic acids is 2. The van der Waals surface area contributed by atoms with Crippen LogP contribution in [0.25, 0.3) is 0 Å². The Morgan fingerprint density at radius 2 is 1.50 bits per heavy atom. The van der Waals surface area contributed by atoms with E-state index in [-0.39, 0.29) is 11.8 Å². The molecule has 5 nitrogen and oxygen atoms in total. The Kier molecular flexibility index (Phi) is 5.96. The second-order valence-corrected chi connectivity index (χ2v) is 6.53. The fraction of sp³-hybridized carbons (Fsp3) is 0.0909. The highest BCUT2D eigenvalue weighted by atomic mass is 35.5. The van der Waals surface area contributed by atoms with Crippen molar-refractivity contribution in [3.05, 3.63) is 88.4 Å². The summed E-state index contributed by atoms with van der Waals surface area (Å²) in [5.41, 5.74) is 2.75. The summed E-state index contributed by atoms with van der Waals surface area (Å²) in [6.07, 6.45) is 0. The normalized spacial score (nSPS) is 10.2. The van der Waals surface area contributed by atoms with E-state index >= 15 is 0 Å². The van der Waals surface area contributed by atoms with Crippen molar-refractivity contribution in [3.8, 4) is 5.75 Å². The summed E-state index contributed by atoms with van der Waals surface area (Å²) in [5, 5.41) is 5.99. The molecule has 2 N–H and O–H groups in total. The van der Waals surface area contributed by atoms with E-state index < -0.39 is 0 Å². The molecule has 0 heterocycles. The first-order chi connectivity index (χ1) is 13.5. The van der Waals surface area contributed by atoms with Crippen LogP contribution in [0.5, 0.6) is 5.75 Å². The molecule has 0 atom stereocenters. The minimum Gasteiger partial charge on any atom is -0.495 e. The van der Waals surface area contributed by atoms with Gasteiger partial charge in [0.15, 0.2) is 0 Å². The standard InChI is InChI=1S/C22H19ClN2O3/c1-14-7-3-4-8-16(14)21(26)25-19-13-15(11-12-20(19)28-2)24-22(27)17-9-5-6-10-18(17)23/h3-13H,1-2H3,(H,24,27)(H,25,26). The van der Waals surface area contributed by atoms with Gasteiger partial charge in [-0.05, 0) is 48.9 Å². The number of amides is 2. The van der Waals surface area contributed by atoms with E-state index in [9.17, 15) is 9.59 Å². The molecule has 3 aromatic carbocycles. The summed E-state index contributed by atoms with van der Waals surface area (Å²) in [5.74, 6) is -0.115. The van der Waals surface area contributed by atoms with Gasteiger partial charge in [0.05, 0.1) is 23.4 Å². The maximum absolute atomic E-state index is 12.6. The Morgan fingerprint density at radius 3 is 2.18 bits per heavy atom. The molecule has 0 aliphatic rings. The van der Waals surface area contributed by atoms with Gasteiger partial charge < -0.3 is 15.4 Å². The number of methoxy groups -OCH3 is 1. The molecule has 0 aliphatic carbocycles. The molecule has 142 valence electrons. The van der Waals surface area contributed by atoms with Crippen LogP contribution < -0.4 is 15.4 Å². The van der Waals surface area contributed by atoms with E-state index in [1.807, 2.05) is 19.1 Å². The molecular formula is C22H19ClN2O3. The van der Waals surface area contributed by atoms with Crippen molar-refractivity contribution >= 4 is 34.8 Å². The van der Waals surface area contributed by atoms with Gasteiger partial charge in [-0.1, -0.05) is 41.9 Å². The topological polar surface area (TPSA) is 67.4 Å². The van der Waals surface area contributed by atoms with Crippen LogP contribution in [0.1, 0.15) is 26.3 Å². The van der Waals surface area contributed by atoms with E-state index in [2.05, 4.69) is 10.6 Å². The van der Waals surface area contributed by atoms with E-state index in [4.69, 9.17) is 16.3 Å². The predicted molar refractivity (Wildman–Crippen MR) is 112 cm³/mol. The van der Waals surface area contributed by atoms with Gasteiger partial charge in [0.1, 0.15) is 5.75 Å². The Morgan fingerprint density at radius 1 is 0.857 bits per heavy atom. The van der Waals surface area contributed by atoms with Crippen molar-refractivity contribution in [2.75, 3.05) is 17.7 Å². The summed E-state index contributed by atoms with van der Waals surface area (Å²) in [6.45, 7) is 1.87. The number of hydrogen-bond acceptors (Lipinski definition) is 3. The van der Waals surface area contributed by atoms with Gasteiger partial charge in [0, 0.05) is 11.3 Å². The quantitative estimate of drug-likeness (QED) is 0.628. The van der Waals surface area contributed by atoms with Crippen molar-refractivity contribution in [2.24, 2.45) is 0 Å². The molecule has 0 fully saturated rings. The van der Waals surface area contributed by atoms with E-state index in [1.54, 1.807) is 54.6 Å². The maximum atomic E-state index is 12.6. The van der Waals surface area contributed by atoms with Gasteiger partial charge in [0.2, 0.25) is 0 Å². The number of nitrogens with one attached hydrogen (secondary N) is 2. The van der Waals surface area contributed by atoms with Crippen LogP contribution in [0, 0.1) is 6.92 Å². The van der Waals surface area contributed by atoms with Gasteiger partial charge in [-0.3, -0.25) is 9.59 Å². The first-order valence-corrected chi connectivity index (χ1v) is 8.98. The third kappa shape index (κ3) is 4.32. The van der Waals surface area contributed by atoms with Crippen molar-refractivity contribution in [1.29, 1.82) is 0 Å². The summed E-state index contributed by atoms with van der Waals surface area (Å²) in [6, 6.07) is 19.1. The van der Waals surface area contributed by atoms with E-state index in [0.717, 1.165) is 5.56 Å². The second-order valence-electron chi connectivity index (χ2n) is 6.12. The Bertz CT molecular complexity index is 1030. The van der Waals surface area contributed by atoms with Gasteiger partial charge in [-0.15, -0.1) is 0 Å². The average molecular weight is 395 g/mol. The zero-order valence-corrected chi connectivity index (χ0v) is 16.2. The molecule has 0 saturated heterocycles. The molecule has 0 unspecified atom stereocenters. The number of hydrogen-bond donors (Lipinski definition) is 2. The summed E-state index contributed by atoms with van der Waals surface area (Å²) < 4.78 is 5.33. The molecule has 0 aliphatic heterocycles. The van der Waals surface area contributed by atoms with Gasteiger partial charge in [-0.2, -0.15) is 0 Å². The summed E-state index contributed by atoms with van der Waals surface area (Å²) >= 11 is 6.08. The maximum Gasteiger partial charge on any atom is 0.257 e. The molecule has 6 heteroatoms. The molecule has 0 saturated carbocycles. The predicted octanol–water partition coefficient (Wildman–Crippen LogP) is 5.16. The van der Waals surface area contributed by atoms with Crippen LogP contribution in [-0.2, 0) is 0 Å². The molecule has 2 amide bonds. The van der Waals surface area contributed by atoms with E-state index in [0.29, 0.717) is 33.3 Å². The number of aryl methyl sites for hydroxylation is 1. The minimum absolute atomic E-state index is 0.258. The molecule has 0 spiro atoms. The Balaban J connectivity index is 1.84. The lowest BCUT2D eigenvalue weighted by molar-refractivity contribution is 0.101. The molecule has 28 heavy (non-hydrogen) atoms. The Hall–Kier alpha value is -3.31. The molecule has 0 bridgehead atoms. The zero-order valence-electron chi connectivity index (χ0n) is 15.5. The highest BCUT2D eigenvalue weighted by molar-refractivity contribution is 6.34. The van der Waals surface area contributed by atoms with Crippen LogP contribution in [0.3, 0.4) is 0 Å². The van der Waals surface area contributed by atoms with Crippen LogP contribution in [0.4, 0.5) is 11.4 Å². The summed E-state index contributed by atoms with van der Waals surface area (Å²) in [7, 11) is 1.51. The van der Waals surface area contributed by atoms with Crippen molar-refractivity contribution < 1.29 is 14.3 Å². The lowest BCUT2D eigenvalue weighted by atomic mass is 10.1. The molecule has 3 rings (SSSR count). The molecule has 0 aromatic heterocycles. The number of halogens is 1. The minimum atomic E-state index is -0.341. The number of ether oxygens (including phenoxy) is 1. The number of carbonyl (C=O) groups is 2. The third-order valence-corrected chi connectivity index (χ3v) is 4.54. The highest BCUT2D eigenvalue weighted by Crippen LogP contribution is 2.29. The summed E-state index contributed by atoms with van der Waals surface area (Å²) in [4.78, 5) is 25.1. The zero-order chi connectivity index (χ0) is 20.1. The molecule has 0 radical (unpaired) electrons. The lowest BCUT2D eigenvalue weighted by Gasteiger charge is -2.14. The molecule has 3 aromatic rings. The third-order valence-electron chi connectivity index (χ3n) is 4.21. The largest absolute Gasteiger partial charge is 0.495 e. The van der Waals surface area contributed by atoms with Crippen molar-refractivity contribution in [1.82, 2.24) is 0 Å². The SMILES string of the molecule is COc1ccc(NC(=O)c2ccccc2Cl)cc1NC(=O)c1ccccc1C. The van der Waals surface area contributed by atoms with Gasteiger partial charge in [0.25, 0.3) is 11.8 Å². The van der Waals surface area contributed by atoms with Crippen LogP contribution in [0.15, 0.2) is 66.7 Å². The van der Waals surface area contributed by atoms with Gasteiger partial charge in [-0.25, -0.2) is 0 Å². The first kappa shape index (κ1) is 19.5. The van der Waals surface area contributed by atoms with Crippen molar-refractivity contribution in [3.63, 3.8) is 0 Å². The van der Waals surface area contributed by atoms with Crippen molar-refractivity contribution in [2.45, 2.75) is 6.92 Å². The fourth-order valence-electron chi connectivity index (χ4n) is 2.74. The average Bonchev–Trinajstić information content (AvgIpc) is 2.68. The first-order valence-electron chi connectivity index (χ1n) is 8.60. The highest BCUT2D eigenvalue weighted by Gasteiger charge is 2.14. The van der Waals surface area contributed by atoms with E-state index in [1.165, 1.54) is 7.11 Å². The number of rotatable bonds is 5. The van der Waals surface area contributed by atoms with Crippen LogP contribution >= 0.6 is 11.6 Å². The smallest absolute Gasteiger partial charge is 0.257 e. The molecular weight excluding hydrogens is 376 g/mol. The monoisotopic (exact) mass is 394 g/mol. The Labute approximate surface area is 168 Å². The van der Waals surface area contributed by atoms with Crippen LogP contribution in [0.2, 0.25) is 5.02 Å². The van der Waals surface area contributed by atoms with Crippen LogP contribution in [-0.4, -0.2) is 18.9 Å². The second kappa shape index (κ2) is 8.59.